The van der Waals surface area contributed by atoms with Gasteiger partial charge in [0.25, 0.3) is 19.9 Å². The van der Waals surface area contributed by atoms with E-state index in [9.17, 15) is 43.6 Å². The summed E-state index contributed by atoms with van der Waals surface area (Å²) >= 11 is 7.64. The molecule has 0 aliphatic carbocycles. The van der Waals surface area contributed by atoms with Gasteiger partial charge in [0, 0.05) is 95.1 Å². The van der Waals surface area contributed by atoms with Gasteiger partial charge in [0.05, 0.1) is 37.9 Å². The minimum absolute atomic E-state index is 0.0155. The highest BCUT2D eigenvalue weighted by molar-refractivity contribution is 7.99. The molecule has 0 bridgehead atoms. The Balaban J connectivity index is 0.959. The largest absolute Gasteiger partial charge is 0.501 e. The van der Waals surface area contributed by atoms with Gasteiger partial charge in [-0.15, -0.1) is 11.8 Å². The maximum absolute atomic E-state index is 15.8. The molecule has 16 nitrogen and oxygen atoms in total. The maximum Gasteiger partial charge on any atom is 0.501 e. The van der Waals surface area contributed by atoms with Gasteiger partial charge in [0.15, 0.2) is 6.35 Å². The van der Waals surface area contributed by atoms with Crippen LogP contribution in [0.2, 0.25) is 5.02 Å². The van der Waals surface area contributed by atoms with E-state index in [2.05, 4.69) is 24.4 Å². The highest BCUT2D eigenvalue weighted by Gasteiger charge is 2.48. The lowest BCUT2D eigenvalue weighted by Gasteiger charge is -2.37. The van der Waals surface area contributed by atoms with Gasteiger partial charge < -0.3 is 39.1 Å². The number of halogens is 5. The van der Waals surface area contributed by atoms with Crippen LogP contribution in [0.15, 0.2) is 135 Å². The number of nitrogens with one attached hydrogen (secondary N) is 2. The van der Waals surface area contributed by atoms with E-state index in [-0.39, 0.29) is 23.9 Å². The number of carbonyl (C=O) groups excluding carboxylic acids is 1. The summed E-state index contributed by atoms with van der Waals surface area (Å²) in [5.74, 6) is -1.52. The van der Waals surface area contributed by atoms with Gasteiger partial charge in [-0.25, -0.2) is 21.2 Å². The first-order valence-corrected chi connectivity index (χ1v) is 33.5. The number of sulfonamides is 1. The second-order valence-electron chi connectivity index (χ2n) is 20.1. The van der Waals surface area contributed by atoms with E-state index < -0.39 is 89.3 Å². The van der Waals surface area contributed by atoms with Crippen LogP contribution in [-0.2, 0) is 44.8 Å². The van der Waals surface area contributed by atoms with Crippen LogP contribution in [0.4, 0.5) is 40.3 Å². The molecule has 1 aromatic heterocycles. The third-order valence-corrected chi connectivity index (χ3v) is 20.0. The standard InChI is InChI=1S/C55H62ClF4N6O10PS4/c1-36(2)66-37(3)53(79(4)71)51(52(66)38-10-12-41(56)13-11-38)40-30-42(57)32-46(31-40)65-28-26-64(27-29-65)45-16-14-43(15-17-45)62-81(74,75)48-18-19-49(50(33-48)80(72,73)55(58,59)60)61-44(34-78-47-8-6-5-7-9-47)22-25-63-23-20-39(21-24-63)54(67)76-35-77(68,69)70/h5-19,30-33,36,39,44,61-62H,20-29,34-35H2,1-4H3,(H2,68,69,70)/t44-,79?/m1/s1. The van der Waals surface area contributed by atoms with Crippen molar-refractivity contribution in [3.8, 4) is 22.4 Å². The number of alkyl halides is 3. The second-order valence-corrected chi connectivity index (χ2v) is 28.1. The fourth-order valence-electron chi connectivity index (χ4n) is 10.2. The Morgan fingerprint density at radius 1 is 0.852 bits per heavy atom. The number of thioether (sulfide) groups is 1. The smallest absolute Gasteiger partial charge is 0.452 e. The van der Waals surface area contributed by atoms with E-state index in [0.29, 0.717) is 91.5 Å². The molecule has 2 aliphatic heterocycles. The van der Waals surface area contributed by atoms with Crippen LogP contribution in [0.25, 0.3) is 22.4 Å². The van der Waals surface area contributed by atoms with Crippen molar-refractivity contribution in [1.82, 2.24) is 9.47 Å². The lowest BCUT2D eigenvalue weighted by Crippen LogP contribution is -2.46. The van der Waals surface area contributed by atoms with Crippen LogP contribution in [0.3, 0.4) is 0 Å². The Morgan fingerprint density at radius 2 is 1.48 bits per heavy atom. The van der Waals surface area contributed by atoms with Gasteiger partial charge in [0.1, 0.15) is 10.7 Å². The summed E-state index contributed by atoms with van der Waals surface area (Å²) in [4.78, 5) is 36.2. The van der Waals surface area contributed by atoms with Crippen LogP contribution < -0.4 is 19.8 Å². The summed E-state index contributed by atoms with van der Waals surface area (Å²) in [5.41, 5.74) is -1.14. The van der Waals surface area contributed by atoms with Crippen molar-refractivity contribution < 1.29 is 62.5 Å². The zero-order chi connectivity index (χ0) is 58.6. The number of nitrogens with zero attached hydrogens (tertiary/aromatic N) is 4. The molecule has 3 heterocycles. The van der Waals surface area contributed by atoms with E-state index in [0.717, 1.165) is 39.7 Å². The molecule has 1 unspecified atom stereocenters. The number of hydrogen-bond donors (Lipinski definition) is 4. The fraction of sp³-hybridized carbons (Fsp3) is 0.364. The number of likely N-dealkylation sites (tertiary alicyclic amines) is 1. The minimum Gasteiger partial charge on any atom is -0.452 e. The van der Waals surface area contributed by atoms with Crippen molar-refractivity contribution >= 4 is 90.3 Å². The average molecular weight is 1240 g/mol. The van der Waals surface area contributed by atoms with Crippen LogP contribution >= 0.6 is 31.0 Å². The summed E-state index contributed by atoms with van der Waals surface area (Å²) in [6.07, 6.45) is 1.53. The first kappa shape index (κ1) is 61.6. The number of anilines is 4. The second kappa shape index (κ2) is 25.6. The zero-order valence-corrected chi connectivity index (χ0v) is 49.5. The Bertz CT molecular complexity index is 3520. The molecule has 0 radical (unpaired) electrons. The maximum atomic E-state index is 15.8. The number of aromatic nitrogens is 1. The molecule has 436 valence electrons. The molecular weight excluding hydrogens is 1180 g/mol. The summed E-state index contributed by atoms with van der Waals surface area (Å²) in [6.45, 7) is 9.09. The number of sulfone groups is 1. The molecule has 6 aromatic rings. The highest BCUT2D eigenvalue weighted by atomic mass is 35.5. The minimum atomic E-state index is -6.13. The number of piperazine rings is 1. The lowest BCUT2D eigenvalue weighted by molar-refractivity contribution is -0.148. The molecule has 0 amide bonds. The lowest BCUT2D eigenvalue weighted by atomic mass is 9.97. The summed E-state index contributed by atoms with van der Waals surface area (Å²) in [6, 6.07) is 29.5. The van der Waals surface area contributed by atoms with Crippen molar-refractivity contribution in [1.29, 1.82) is 0 Å². The number of piperidine rings is 1. The molecule has 8 rings (SSSR count). The van der Waals surface area contributed by atoms with Crippen molar-refractivity contribution in [3.05, 3.63) is 132 Å². The molecular formula is C55H62ClF4N6O10PS4. The van der Waals surface area contributed by atoms with Gasteiger partial charge in [0.2, 0.25) is 0 Å². The van der Waals surface area contributed by atoms with E-state index in [1.165, 1.54) is 36.0 Å². The zero-order valence-electron chi connectivity index (χ0n) is 44.6. The molecule has 2 aliphatic rings. The van der Waals surface area contributed by atoms with Crippen LogP contribution in [0, 0.1) is 18.7 Å². The van der Waals surface area contributed by atoms with Crippen LogP contribution in [0.5, 0.6) is 0 Å². The molecule has 2 fully saturated rings. The third kappa shape index (κ3) is 15.0. The van der Waals surface area contributed by atoms with Gasteiger partial charge in [-0.05, 0) is 149 Å². The number of carbonyl (C=O) groups is 1. The van der Waals surface area contributed by atoms with E-state index in [4.69, 9.17) is 26.1 Å². The molecule has 2 atom stereocenters. The van der Waals surface area contributed by atoms with E-state index >= 15 is 4.39 Å². The molecule has 2 saturated heterocycles. The number of hydrogen-bond acceptors (Lipinski definition) is 13. The van der Waals surface area contributed by atoms with Gasteiger partial charge in [-0.3, -0.25) is 18.3 Å². The summed E-state index contributed by atoms with van der Waals surface area (Å²) in [5, 5.41) is 3.53. The first-order valence-electron chi connectivity index (χ1n) is 25.8. The number of ether oxygens (including phenoxy) is 1. The predicted octanol–water partition coefficient (Wildman–Crippen LogP) is 11.0. The van der Waals surface area contributed by atoms with Crippen molar-refractivity contribution in [2.24, 2.45) is 5.92 Å². The SMILES string of the molecule is Cc1c(S(C)=O)c(-c2cc(F)cc(N3CCN(c4ccc(NS(=O)(=O)c5ccc(N[C@H](CCN6CCC(C(=O)OCP(=O)(O)O)CC6)CSc6ccccc6)c(S(=O)(=O)C(F)(F)F)c5)cc4)CC3)c2)c(-c2ccc(Cl)cc2)n1C(C)C. The molecule has 0 saturated carbocycles. The Hall–Kier alpha value is -5.43. The van der Waals surface area contributed by atoms with Gasteiger partial charge in [-0.1, -0.05) is 41.9 Å². The summed E-state index contributed by atoms with van der Waals surface area (Å²) < 4.78 is 147. The van der Waals surface area contributed by atoms with Crippen molar-refractivity contribution in [3.63, 3.8) is 0 Å². The number of rotatable bonds is 21. The average Bonchev–Trinajstić information content (AvgIpc) is 4.02. The quantitative estimate of drug-likeness (QED) is 0.0229. The van der Waals surface area contributed by atoms with E-state index in [1.54, 1.807) is 30.5 Å². The fourth-order valence-corrected chi connectivity index (χ4v) is 14.7. The monoisotopic (exact) mass is 1240 g/mol. The predicted molar refractivity (Wildman–Crippen MR) is 310 cm³/mol. The molecule has 4 N–H and O–H groups in total. The Kier molecular flexibility index (Phi) is 19.5. The topological polar surface area (TPSA) is 208 Å². The third-order valence-electron chi connectivity index (χ3n) is 14.1. The highest BCUT2D eigenvalue weighted by Crippen LogP contribution is 2.45. The molecule has 5 aromatic carbocycles. The van der Waals surface area contributed by atoms with Crippen molar-refractivity contribution in [2.75, 3.05) is 84.0 Å². The number of esters is 1. The van der Waals surface area contributed by atoms with E-state index in [1.807, 2.05) is 74.2 Å². The normalized spacial score (nSPS) is 15.9. The first-order chi connectivity index (χ1) is 38.2. The van der Waals surface area contributed by atoms with Crippen molar-refractivity contribution in [2.45, 2.75) is 77.2 Å². The van der Waals surface area contributed by atoms with Crippen LogP contribution in [-0.4, -0.2) is 122 Å². The summed E-state index contributed by atoms with van der Waals surface area (Å²) in [7, 11) is -16.8. The van der Waals surface area contributed by atoms with Crippen LogP contribution in [0.1, 0.15) is 44.8 Å². The van der Waals surface area contributed by atoms with Gasteiger partial charge >= 0.3 is 19.1 Å². The Labute approximate surface area is 480 Å². The Morgan fingerprint density at radius 3 is 2.07 bits per heavy atom. The molecule has 26 heteroatoms. The molecule has 0 spiro atoms. The van der Waals surface area contributed by atoms with Gasteiger partial charge in [-0.2, -0.15) is 13.2 Å². The number of benzene rings is 5. The molecule has 81 heavy (non-hydrogen) atoms.